The van der Waals surface area contributed by atoms with Crippen LogP contribution < -0.4 is 15.4 Å². The SMILES string of the molecule is N#Cc1ccccc1OCC(=O)NCCC(=O)NC1CC1. The van der Waals surface area contributed by atoms with Crippen molar-refractivity contribution in [1.29, 1.82) is 5.26 Å². The second-order valence-corrected chi connectivity index (χ2v) is 4.84. The van der Waals surface area contributed by atoms with Crippen LogP contribution in [0.3, 0.4) is 0 Å². The van der Waals surface area contributed by atoms with Gasteiger partial charge in [0.2, 0.25) is 5.91 Å². The molecule has 2 N–H and O–H groups in total. The van der Waals surface area contributed by atoms with E-state index in [2.05, 4.69) is 10.6 Å². The van der Waals surface area contributed by atoms with Crippen molar-refractivity contribution in [1.82, 2.24) is 10.6 Å². The minimum absolute atomic E-state index is 0.0476. The van der Waals surface area contributed by atoms with Gasteiger partial charge in [-0.3, -0.25) is 9.59 Å². The summed E-state index contributed by atoms with van der Waals surface area (Å²) in [5, 5.41) is 14.3. The van der Waals surface area contributed by atoms with E-state index in [9.17, 15) is 9.59 Å². The van der Waals surface area contributed by atoms with Crippen LogP contribution in [-0.4, -0.2) is 31.0 Å². The molecule has 21 heavy (non-hydrogen) atoms. The van der Waals surface area contributed by atoms with E-state index in [-0.39, 0.29) is 31.4 Å². The molecule has 2 amide bonds. The fraction of sp³-hybridized carbons (Fsp3) is 0.400. The maximum atomic E-state index is 11.6. The largest absolute Gasteiger partial charge is 0.482 e. The van der Waals surface area contributed by atoms with Crippen molar-refractivity contribution >= 4 is 11.8 Å². The molecular formula is C15H17N3O3. The first kappa shape index (κ1) is 14.9. The smallest absolute Gasteiger partial charge is 0.257 e. The van der Waals surface area contributed by atoms with Crippen LogP contribution in [0.5, 0.6) is 5.75 Å². The molecule has 0 radical (unpaired) electrons. The molecule has 1 aromatic rings. The number of nitriles is 1. The highest BCUT2D eigenvalue weighted by Gasteiger charge is 2.22. The van der Waals surface area contributed by atoms with Gasteiger partial charge in [-0.1, -0.05) is 12.1 Å². The van der Waals surface area contributed by atoms with Crippen molar-refractivity contribution in [2.75, 3.05) is 13.2 Å². The first-order valence-electron chi connectivity index (χ1n) is 6.87. The molecule has 0 heterocycles. The number of rotatable bonds is 7. The van der Waals surface area contributed by atoms with Gasteiger partial charge in [-0.15, -0.1) is 0 Å². The summed E-state index contributed by atoms with van der Waals surface area (Å²) < 4.78 is 5.29. The minimum atomic E-state index is -0.318. The van der Waals surface area contributed by atoms with Crippen LogP contribution in [0.1, 0.15) is 24.8 Å². The molecule has 1 aliphatic rings. The Morgan fingerprint density at radius 3 is 2.76 bits per heavy atom. The molecule has 2 rings (SSSR count). The van der Waals surface area contributed by atoms with Gasteiger partial charge in [0.25, 0.3) is 5.91 Å². The third-order valence-electron chi connectivity index (χ3n) is 2.98. The molecule has 0 atom stereocenters. The Kier molecular flexibility index (Phi) is 5.16. The molecule has 0 spiro atoms. The van der Waals surface area contributed by atoms with Crippen molar-refractivity contribution in [3.05, 3.63) is 29.8 Å². The van der Waals surface area contributed by atoms with Gasteiger partial charge in [-0.05, 0) is 25.0 Å². The minimum Gasteiger partial charge on any atom is -0.482 e. The molecular weight excluding hydrogens is 270 g/mol. The molecule has 1 saturated carbocycles. The van der Waals surface area contributed by atoms with E-state index in [1.807, 2.05) is 6.07 Å². The lowest BCUT2D eigenvalue weighted by Crippen LogP contribution is -2.34. The molecule has 0 bridgehead atoms. The molecule has 1 fully saturated rings. The highest BCUT2D eigenvalue weighted by molar-refractivity contribution is 5.80. The van der Waals surface area contributed by atoms with Crippen LogP contribution in [0.4, 0.5) is 0 Å². The van der Waals surface area contributed by atoms with Crippen LogP contribution in [0.2, 0.25) is 0 Å². The van der Waals surface area contributed by atoms with E-state index in [1.165, 1.54) is 0 Å². The molecule has 6 heteroatoms. The van der Waals surface area contributed by atoms with Gasteiger partial charge in [-0.2, -0.15) is 5.26 Å². The number of ether oxygens (including phenoxy) is 1. The number of para-hydroxylation sites is 1. The van der Waals surface area contributed by atoms with Crippen molar-refractivity contribution < 1.29 is 14.3 Å². The predicted octanol–water partition coefficient (Wildman–Crippen LogP) is 0.722. The molecule has 110 valence electrons. The third-order valence-corrected chi connectivity index (χ3v) is 2.98. The molecule has 0 aliphatic heterocycles. The summed E-state index contributed by atoms with van der Waals surface area (Å²) in [6, 6.07) is 9.04. The Morgan fingerprint density at radius 2 is 2.05 bits per heavy atom. The lowest BCUT2D eigenvalue weighted by Gasteiger charge is -2.08. The van der Waals surface area contributed by atoms with Crippen molar-refractivity contribution in [3.63, 3.8) is 0 Å². The second kappa shape index (κ2) is 7.29. The summed E-state index contributed by atoms with van der Waals surface area (Å²) in [5.41, 5.74) is 0.383. The van der Waals surface area contributed by atoms with Crippen LogP contribution in [0.25, 0.3) is 0 Å². The summed E-state index contributed by atoms with van der Waals surface area (Å²) in [4.78, 5) is 23.0. The highest BCUT2D eigenvalue weighted by Crippen LogP contribution is 2.18. The van der Waals surface area contributed by atoms with Gasteiger partial charge >= 0.3 is 0 Å². The maximum absolute atomic E-state index is 11.6. The topological polar surface area (TPSA) is 91.2 Å². The summed E-state index contributed by atoms with van der Waals surface area (Å²) in [7, 11) is 0. The van der Waals surface area contributed by atoms with Gasteiger partial charge in [0, 0.05) is 19.0 Å². The van der Waals surface area contributed by atoms with Gasteiger partial charge < -0.3 is 15.4 Å². The standard InChI is InChI=1S/C15H17N3O3/c16-9-11-3-1-2-4-13(11)21-10-15(20)17-8-7-14(19)18-12-5-6-12/h1-4,12H,5-8,10H2,(H,17,20)(H,18,19). The van der Waals surface area contributed by atoms with Crippen molar-refractivity contribution in [2.24, 2.45) is 0 Å². The molecule has 6 nitrogen and oxygen atoms in total. The highest BCUT2D eigenvalue weighted by atomic mass is 16.5. The van der Waals surface area contributed by atoms with Crippen molar-refractivity contribution in [2.45, 2.75) is 25.3 Å². The summed E-state index contributed by atoms with van der Waals surface area (Å²) >= 11 is 0. The van der Waals surface area contributed by atoms with Crippen molar-refractivity contribution in [3.8, 4) is 11.8 Å². The monoisotopic (exact) mass is 287 g/mol. The van der Waals surface area contributed by atoms with Gasteiger partial charge in [0.1, 0.15) is 11.8 Å². The van der Waals surface area contributed by atoms with E-state index >= 15 is 0 Å². The number of nitrogens with one attached hydrogen (secondary N) is 2. The number of hydrogen-bond donors (Lipinski definition) is 2. The maximum Gasteiger partial charge on any atom is 0.257 e. The average molecular weight is 287 g/mol. The van der Waals surface area contributed by atoms with E-state index in [0.29, 0.717) is 17.4 Å². The number of benzene rings is 1. The van der Waals surface area contributed by atoms with E-state index in [1.54, 1.807) is 24.3 Å². The first-order chi connectivity index (χ1) is 10.2. The summed E-state index contributed by atoms with van der Waals surface area (Å²) in [5.74, 6) is 0.0112. The predicted molar refractivity (Wildman–Crippen MR) is 75.4 cm³/mol. The van der Waals surface area contributed by atoms with Gasteiger partial charge in [0.15, 0.2) is 6.61 Å². The molecule has 1 aliphatic carbocycles. The van der Waals surface area contributed by atoms with E-state index < -0.39 is 0 Å². The third kappa shape index (κ3) is 5.15. The molecule has 1 aromatic carbocycles. The number of amides is 2. The second-order valence-electron chi connectivity index (χ2n) is 4.84. The Labute approximate surface area is 123 Å². The quantitative estimate of drug-likeness (QED) is 0.773. The van der Waals surface area contributed by atoms with Crippen LogP contribution >= 0.6 is 0 Å². The molecule has 0 unspecified atom stereocenters. The van der Waals surface area contributed by atoms with Gasteiger partial charge in [0.05, 0.1) is 5.56 Å². The zero-order valence-corrected chi connectivity index (χ0v) is 11.6. The summed E-state index contributed by atoms with van der Waals surface area (Å²) in [6.07, 6.45) is 2.35. The van der Waals surface area contributed by atoms with Gasteiger partial charge in [-0.25, -0.2) is 0 Å². The number of hydrogen-bond acceptors (Lipinski definition) is 4. The van der Waals surface area contributed by atoms with Crippen LogP contribution in [0.15, 0.2) is 24.3 Å². The normalized spacial score (nSPS) is 13.1. The Balaban J connectivity index is 1.65. The van der Waals surface area contributed by atoms with Crippen LogP contribution in [-0.2, 0) is 9.59 Å². The average Bonchev–Trinajstić information content (AvgIpc) is 3.29. The molecule has 0 saturated heterocycles. The fourth-order valence-electron chi connectivity index (χ4n) is 1.72. The fourth-order valence-corrected chi connectivity index (χ4v) is 1.72. The number of carbonyl (C=O) groups excluding carboxylic acids is 2. The Hall–Kier alpha value is -2.55. The zero-order chi connectivity index (χ0) is 15.1. The van der Waals surface area contributed by atoms with E-state index in [4.69, 9.17) is 10.00 Å². The molecule has 0 aromatic heterocycles. The summed E-state index contributed by atoms with van der Waals surface area (Å²) in [6.45, 7) is 0.101. The number of carbonyl (C=O) groups is 2. The number of nitrogens with zero attached hydrogens (tertiary/aromatic N) is 1. The lowest BCUT2D eigenvalue weighted by atomic mass is 10.2. The lowest BCUT2D eigenvalue weighted by molar-refractivity contribution is -0.123. The van der Waals surface area contributed by atoms with Crippen LogP contribution in [0, 0.1) is 11.3 Å². The first-order valence-corrected chi connectivity index (χ1v) is 6.87. The zero-order valence-electron chi connectivity index (χ0n) is 11.6. The Morgan fingerprint density at radius 1 is 1.29 bits per heavy atom. The van der Waals surface area contributed by atoms with E-state index in [0.717, 1.165) is 12.8 Å². The Bertz CT molecular complexity index is 562.